The predicted molar refractivity (Wildman–Crippen MR) is 91.1 cm³/mol. The van der Waals surface area contributed by atoms with E-state index in [-0.39, 0.29) is 17.4 Å². The third-order valence-corrected chi connectivity index (χ3v) is 4.23. The second-order valence-corrected chi connectivity index (χ2v) is 6.03. The van der Waals surface area contributed by atoms with Gasteiger partial charge in [0.2, 0.25) is 11.8 Å². The number of amides is 2. The molecule has 1 atom stereocenters. The van der Waals surface area contributed by atoms with Crippen molar-refractivity contribution >= 4 is 29.1 Å². The second kappa shape index (κ2) is 6.88. The average molecular weight is 346 g/mol. The van der Waals surface area contributed by atoms with Crippen molar-refractivity contribution < 1.29 is 9.59 Å². The first-order valence-electron chi connectivity index (χ1n) is 7.57. The van der Waals surface area contributed by atoms with Crippen molar-refractivity contribution in [3.8, 4) is 0 Å². The number of carbonyl (C=O) groups excluding carboxylic acids is 2. The molecular formula is C17H16ClN3O3. The highest BCUT2D eigenvalue weighted by Gasteiger charge is 2.27. The molecule has 1 saturated heterocycles. The smallest absolute Gasteiger partial charge is 0.250 e. The normalized spacial score (nSPS) is 16.7. The van der Waals surface area contributed by atoms with Crippen LogP contribution in [0.5, 0.6) is 0 Å². The minimum Gasteiger partial charge on any atom is -0.344 e. The van der Waals surface area contributed by atoms with Crippen LogP contribution in [-0.2, 0) is 16.1 Å². The van der Waals surface area contributed by atoms with Crippen LogP contribution < -0.4 is 16.2 Å². The molecule has 2 N–H and O–H groups in total. The molecule has 2 amide bonds. The number of rotatable bonds is 4. The Hall–Kier alpha value is -2.60. The van der Waals surface area contributed by atoms with Crippen molar-refractivity contribution in [1.29, 1.82) is 0 Å². The number of hydrogen-bond acceptors (Lipinski definition) is 3. The van der Waals surface area contributed by atoms with E-state index < -0.39 is 6.04 Å². The van der Waals surface area contributed by atoms with Gasteiger partial charge in [-0.25, -0.2) is 0 Å². The van der Waals surface area contributed by atoms with Gasteiger partial charge in [0.05, 0.1) is 12.2 Å². The summed E-state index contributed by atoms with van der Waals surface area (Å²) in [6.45, 7) is 0.308. The highest BCUT2D eigenvalue weighted by molar-refractivity contribution is 6.31. The lowest BCUT2D eigenvalue weighted by atomic mass is 10.2. The maximum atomic E-state index is 12.1. The molecule has 0 aliphatic carbocycles. The molecule has 1 fully saturated rings. The number of halogens is 1. The van der Waals surface area contributed by atoms with Gasteiger partial charge < -0.3 is 15.2 Å². The Bertz CT molecular complexity index is 847. The van der Waals surface area contributed by atoms with Crippen LogP contribution in [0.2, 0.25) is 5.02 Å². The van der Waals surface area contributed by atoms with E-state index in [0.29, 0.717) is 30.1 Å². The molecular weight excluding hydrogens is 330 g/mol. The van der Waals surface area contributed by atoms with Gasteiger partial charge in [0.1, 0.15) is 6.04 Å². The highest BCUT2D eigenvalue weighted by Crippen LogP contribution is 2.16. The van der Waals surface area contributed by atoms with Crippen LogP contribution in [-0.4, -0.2) is 22.4 Å². The first-order valence-corrected chi connectivity index (χ1v) is 7.95. The standard InChI is InChI=1S/C17H16ClN3O3/c18-13-4-2-1-3-11(13)9-21-10-12(5-8-16(21)23)19-17(24)14-6-7-15(22)20-14/h1-5,8,10,14H,6-7,9H2,(H,19,24)(H,20,22)/t14-/m1/s1. The molecule has 0 spiro atoms. The van der Waals surface area contributed by atoms with Crippen molar-refractivity contribution in [2.24, 2.45) is 0 Å². The summed E-state index contributed by atoms with van der Waals surface area (Å²) < 4.78 is 1.48. The molecule has 1 aromatic heterocycles. The first kappa shape index (κ1) is 16.3. The van der Waals surface area contributed by atoms with E-state index in [9.17, 15) is 14.4 Å². The second-order valence-electron chi connectivity index (χ2n) is 5.62. The number of hydrogen-bond donors (Lipinski definition) is 2. The number of nitrogens with zero attached hydrogens (tertiary/aromatic N) is 1. The predicted octanol–water partition coefficient (Wildman–Crippen LogP) is 1.77. The number of nitrogens with one attached hydrogen (secondary N) is 2. The summed E-state index contributed by atoms with van der Waals surface area (Å²) in [6, 6.07) is 9.67. The molecule has 2 heterocycles. The maximum absolute atomic E-state index is 12.1. The van der Waals surface area contributed by atoms with Gasteiger partial charge in [0.15, 0.2) is 0 Å². The van der Waals surface area contributed by atoms with Crippen molar-refractivity contribution in [3.63, 3.8) is 0 Å². The fourth-order valence-corrected chi connectivity index (χ4v) is 2.77. The van der Waals surface area contributed by atoms with Crippen LogP contribution in [0.4, 0.5) is 5.69 Å². The van der Waals surface area contributed by atoms with Gasteiger partial charge in [-0.3, -0.25) is 14.4 Å². The summed E-state index contributed by atoms with van der Waals surface area (Å²) in [5.41, 5.74) is 1.11. The Labute approximate surface area is 143 Å². The van der Waals surface area contributed by atoms with Gasteiger partial charge >= 0.3 is 0 Å². The average Bonchev–Trinajstić information content (AvgIpc) is 2.99. The zero-order valence-corrected chi connectivity index (χ0v) is 13.5. The van der Waals surface area contributed by atoms with E-state index in [1.54, 1.807) is 18.3 Å². The lowest BCUT2D eigenvalue weighted by molar-refractivity contribution is -0.122. The zero-order chi connectivity index (χ0) is 17.1. The number of anilines is 1. The van der Waals surface area contributed by atoms with E-state index >= 15 is 0 Å². The van der Waals surface area contributed by atoms with E-state index in [4.69, 9.17) is 11.6 Å². The molecule has 0 saturated carbocycles. The summed E-state index contributed by atoms with van der Waals surface area (Å²) >= 11 is 6.13. The summed E-state index contributed by atoms with van der Waals surface area (Å²) in [7, 11) is 0. The Morgan fingerprint density at radius 3 is 2.75 bits per heavy atom. The Balaban J connectivity index is 1.76. The highest BCUT2D eigenvalue weighted by atomic mass is 35.5. The molecule has 124 valence electrons. The summed E-state index contributed by atoms with van der Waals surface area (Å²) in [4.78, 5) is 35.4. The molecule has 2 aromatic rings. The lowest BCUT2D eigenvalue weighted by Gasteiger charge is -2.13. The van der Waals surface area contributed by atoms with Crippen LogP contribution >= 0.6 is 11.6 Å². The molecule has 6 nitrogen and oxygen atoms in total. The minimum atomic E-state index is -0.526. The number of pyridine rings is 1. The van der Waals surface area contributed by atoms with Gasteiger partial charge in [0.25, 0.3) is 5.56 Å². The van der Waals surface area contributed by atoms with Crippen LogP contribution in [0.1, 0.15) is 18.4 Å². The van der Waals surface area contributed by atoms with Crippen LogP contribution in [0.15, 0.2) is 47.4 Å². The van der Waals surface area contributed by atoms with Crippen molar-refractivity contribution in [2.75, 3.05) is 5.32 Å². The third kappa shape index (κ3) is 3.65. The van der Waals surface area contributed by atoms with Crippen LogP contribution in [0.25, 0.3) is 0 Å². The van der Waals surface area contributed by atoms with Crippen LogP contribution in [0.3, 0.4) is 0 Å². The number of carbonyl (C=O) groups is 2. The van der Waals surface area contributed by atoms with E-state index in [0.717, 1.165) is 5.56 Å². The minimum absolute atomic E-state index is 0.126. The van der Waals surface area contributed by atoms with Crippen molar-refractivity contribution in [3.05, 3.63) is 63.5 Å². The van der Waals surface area contributed by atoms with E-state index in [2.05, 4.69) is 10.6 Å². The fraction of sp³-hybridized carbons (Fsp3) is 0.235. The van der Waals surface area contributed by atoms with Gasteiger partial charge in [0, 0.05) is 23.7 Å². The van der Waals surface area contributed by atoms with Crippen molar-refractivity contribution in [2.45, 2.75) is 25.4 Å². The fourth-order valence-electron chi connectivity index (χ4n) is 2.58. The summed E-state index contributed by atoms with van der Waals surface area (Å²) in [5.74, 6) is -0.414. The maximum Gasteiger partial charge on any atom is 0.250 e. The number of aromatic nitrogens is 1. The van der Waals surface area contributed by atoms with Gasteiger partial charge in [-0.2, -0.15) is 0 Å². The monoisotopic (exact) mass is 345 g/mol. The summed E-state index contributed by atoms with van der Waals surface area (Å²) in [5, 5.41) is 5.91. The van der Waals surface area contributed by atoms with Crippen LogP contribution in [0, 0.1) is 0 Å². The Morgan fingerprint density at radius 2 is 2.04 bits per heavy atom. The van der Waals surface area contributed by atoms with Gasteiger partial charge in [-0.05, 0) is 24.1 Å². The largest absolute Gasteiger partial charge is 0.344 e. The Kier molecular flexibility index (Phi) is 4.66. The molecule has 1 aliphatic rings. The van der Waals surface area contributed by atoms with Crippen molar-refractivity contribution in [1.82, 2.24) is 9.88 Å². The molecule has 1 aliphatic heterocycles. The van der Waals surface area contributed by atoms with E-state index in [1.807, 2.05) is 18.2 Å². The summed E-state index contributed by atoms with van der Waals surface area (Å²) in [6.07, 6.45) is 2.40. The zero-order valence-electron chi connectivity index (χ0n) is 12.8. The number of benzene rings is 1. The molecule has 0 unspecified atom stereocenters. The van der Waals surface area contributed by atoms with E-state index in [1.165, 1.54) is 10.6 Å². The molecule has 0 bridgehead atoms. The molecule has 0 radical (unpaired) electrons. The third-order valence-electron chi connectivity index (χ3n) is 3.86. The quantitative estimate of drug-likeness (QED) is 0.886. The molecule has 3 rings (SSSR count). The molecule has 24 heavy (non-hydrogen) atoms. The SMILES string of the molecule is O=C1CC[C@H](C(=O)Nc2ccc(=O)n(Cc3ccccc3Cl)c2)N1. The molecule has 7 heteroatoms. The topological polar surface area (TPSA) is 80.2 Å². The van der Waals surface area contributed by atoms with Gasteiger partial charge in [-0.15, -0.1) is 0 Å². The van der Waals surface area contributed by atoms with Gasteiger partial charge in [-0.1, -0.05) is 29.8 Å². The first-order chi connectivity index (χ1) is 11.5. The Morgan fingerprint density at radius 1 is 1.25 bits per heavy atom. The molecule has 1 aromatic carbocycles. The lowest BCUT2D eigenvalue weighted by Crippen LogP contribution is -2.37.